The van der Waals surface area contributed by atoms with Gasteiger partial charge >= 0.3 is 0 Å². The van der Waals surface area contributed by atoms with Crippen LogP contribution in [0.3, 0.4) is 0 Å². The normalized spacial score (nSPS) is 13.5. The zero-order valence-electron chi connectivity index (χ0n) is 12.3. The minimum Gasteiger partial charge on any atom is -0.507 e. The van der Waals surface area contributed by atoms with Crippen LogP contribution in [0.1, 0.15) is 26.3 Å². The van der Waals surface area contributed by atoms with Crippen LogP contribution in [-0.2, 0) is 5.41 Å². The summed E-state index contributed by atoms with van der Waals surface area (Å²) >= 11 is 0. The minimum absolute atomic E-state index is 0.0472. The lowest BCUT2D eigenvalue weighted by Crippen LogP contribution is -2.10. The van der Waals surface area contributed by atoms with Crippen LogP contribution < -0.4 is 9.47 Å². The number of hydrogen-bond donors (Lipinski definition) is 2. The standard InChI is InChI=1S/C17H18O4/c1-17(2,3)10-4-5-13(18)11(6-10)12-7-15-16(8-14(12)19)21-9-20-15/h4-8,18-19H,9H2,1-3H3. The van der Waals surface area contributed by atoms with Gasteiger partial charge in [0.05, 0.1) is 0 Å². The molecular weight excluding hydrogens is 268 g/mol. The van der Waals surface area contributed by atoms with Gasteiger partial charge in [0.2, 0.25) is 6.79 Å². The Morgan fingerprint density at radius 1 is 0.857 bits per heavy atom. The predicted octanol–water partition coefficient (Wildman–Crippen LogP) is 3.79. The SMILES string of the molecule is CC(C)(C)c1ccc(O)c(-c2cc3c(cc2O)OCO3)c1. The third kappa shape index (κ3) is 2.37. The summed E-state index contributed by atoms with van der Waals surface area (Å²) in [7, 11) is 0. The molecule has 2 aromatic rings. The van der Waals surface area contributed by atoms with Crippen LogP contribution in [0.2, 0.25) is 0 Å². The van der Waals surface area contributed by atoms with Crippen molar-refractivity contribution in [3.8, 4) is 34.1 Å². The van der Waals surface area contributed by atoms with Gasteiger partial charge in [-0.15, -0.1) is 0 Å². The summed E-state index contributed by atoms with van der Waals surface area (Å²) < 4.78 is 10.6. The topological polar surface area (TPSA) is 58.9 Å². The number of hydrogen-bond acceptors (Lipinski definition) is 4. The number of rotatable bonds is 1. The van der Waals surface area contributed by atoms with Crippen molar-refractivity contribution in [1.29, 1.82) is 0 Å². The van der Waals surface area contributed by atoms with Crippen LogP contribution in [0.5, 0.6) is 23.0 Å². The molecule has 110 valence electrons. The summed E-state index contributed by atoms with van der Waals surface area (Å²) in [5, 5.41) is 20.3. The average molecular weight is 286 g/mol. The minimum atomic E-state index is -0.0472. The first-order valence-corrected chi connectivity index (χ1v) is 6.83. The Labute approximate surface area is 123 Å². The second kappa shape index (κ2) is 4.58. The van der Waals surface area contributed by atoms with Gasteiger partial charge in [0.25, 0.3) is 0 Å². The van der Waals surface area contributed by atoms with Crippen molar-refractivity contribution in [1.82, 2.24) is 0 Å². The van der Waals surface area contributed by atoms with E-state index in [4.69, 9.17) is 9.47 Å². The van der Waals surface area contributed by atoms with Crippen LogP contribution in [0.25, 0.3) is 11.1 Å². The molecule has 1 aliphatic rings. The van der Waals surface area contributed by atoms with Crippen molar-refractivity contribution in [2.75, 3.05) is 6.79 Å². The van der Waals surface area contributed by atoms with E-state index in [9.17, 15) is 10.2 Å². The van der Waals surface area contributed by atoms with Crippen LogP contribution >= 0.6 is 0 Å². The number of fused-ring (bicyclic) bond motifs is 1. The van der Waals surface area contributed by atoms with E-state index in [2.05, 4.69) is 20.8 Å². The summed E-state index contributed by atoms with van der Waals surface area (Å²) in [5.74, 6) is 1.27. The van der Waals surface area contributed by atoms with Crippen LogP contribution in [-0.4, -0.2) is 17.0 Å². The Kier molecular flexibility index (Phi) is 2.97. The molecule has 3 rings (SSSR count). The van der Waals surface area contributed by atoms with E-state index in [0.717, 1.165) is 5.56 Å². The van der Waals surface area contributed by atoms with Gasteiger partial charge in [0, 0.05) is 17.2 Å². The lowest BCUT2D eigenvalue weighted by atomic mass is 9.85. The molecule has 0 saturated carbocycles. The number of phenols is 2. The zero-order valence-corrected chi connectivity index (χ0v) is 12.3. The second-order valence-electron chi connectivity index (χ2n) is 6.20. The molecule has 21 heavy (non-hydrogen) atoms. The van der Waals surface area contributed by atoms with E-state index >= 15 is 0 Å². The molecular formula is C17H18O4. The summed E-state index contributed by atoms with van der Waals surface area (Å²) in [6, 6.07) is 8.65. The highest BCUT2D eigenvalue weighted by Gasteiger charge is 2.21. The van der Waals surface area contributed by atoms with Crippen molar-refractivity contribution in [3.63, 3.8) is 0 Å². The molecule has 0 radical (unpaired) electrons. The Bertz CT molecular complexity index is 699. The largest absolute Gasteiger partial charge is 0.507 e. The lowest BCUT2D eigenvalue weighted by Gasteiger charge is -2.20. The fourth-order valence-corrected chi connectivity index (χ4v) is 2.37. The molecule has 4 nitrogen and oxygen atoms in total. The van der Waals surface area contributed by atoms with Gasteiger partial charge in [-0.1, -0.05) is 26.8 Å². The lowest BCUT2D eigenvalue weighted by molar-refractivity contribution is 0.174. The highest BCUT2D eigenvalue weighted by molar-refractivity contribution is 5.78. The number of ether oxygens (including phenoxy) is 2. The van der Waals surface area contributed by atoms with Gasteiger partial charge in [0.1, 0.15) is 11.5 Å². The summed E-state index contributed by atoms with van der Waals surface area (Å²) in [6.07, 6.45) is 0. The highest BCUT2D eigenvalue weighted by Crippen LogP contribution is 2.45. The molecule has 0 unspecified atom stereocenters. The molecule has 4 heteroatoms. The van der Waals surface area contributed by atoms with Gasteiger partial charge in [0.15, 0.2) is 11.5 Å². The number of aromatic hydroxyl groups is 2. The quantitative estimate of drug-likeness (QED) is 0.837. The maximum Gasteiger partial charge on any atom is 0.231 e. The van der Waals surface area contributed by atoms with E-state index in [0.29, 0.717) is 22.6 Å². The molecule has 0 atom stereocenters. The molecule has 2 N–H and O–H groups in total. The van der Waals surface area contributed by atoms with E-state index in [1.807, 2.05) is 12.1 Å². The molecule has 1 heterocycles. The van der Waals surface area contributed by atoms with Gasteiger partial charge in [-0.2, -0.15) is 0 Å². The molecule has 0 aliphatic carbocycles. The smallest absolute Gasteiger partial charge is 0.231 e. The zero-order chi connectivity index (χ0) is 15.2. The molecule has 0 bridgehead atoms. The van der Waals surface area contributed by atoms with E-state index < -0.39 is 0 Å². The first kappa shape index (κ1) is 13.6. The number of benzene rings is 2. The summed E-state index contributed by atoms with van der Waals surface area (Å²) in [4.78, 5) is 0. The molecule has 0 amide bonds. The van der Waals surface area contributed by atoms with Crippen molar-refractivity contribution >= 4 is 0 Å². The molecule has 1 aliphatic heterocycles. The first-order chi connectivity index (χ1) is 9.86. The maximum atomic E-state index is 10.2. The fraction of sp³-hybridized carbons (Fsp3) is 0.294. The van der Waals surface area contributed by atoms with Crippen LogP contribution in [0.4, 0.5) is 0 Å². The first-order valence-electron chi connectivity index (χ1n) is 6.83. The van der Waals surface area contributed by atoms with Gasteiger partial charge in [-0.3, -0.25) is 0 Å². The van der Waals surface area contributed by atoms with E-state index in [1.165, 1.54) is 6.07 Å². The van der Waals surface area contributed by atoms with Gasteiger partial charge in [-0.05, 0) is 29.2 Å². The monoisotopic (exact) mass is 286 g/mol. The van der Waals surface area contributed by atoms with Crippen molar-refractivity contribution < 1.29 is 19.7 Å². The van der Waals surface area contributed by atoms with Crippen LogP contribution in [0, 0.1) is 0 Å². The van der Waals surface area contributed by atoms with Gasteiger partial charge in [-0.25, -0.2) is 0 Å². The highest BCUT2D eigenvalue weighted by atomic mass is 16.7. The van der Waals surface area contributed by atoms with E-state index in [1.54, 1.807) is 12.1 Å². The van der Waals surface area contributed by atoms with E-state index in [-0.39, 0.29) is 23.7 Å². The maximum absolute atomic E-state index is 10.2. The number of phenolic OH excluding ortho intramolecular Hbond substituents is 2. The predicted molar refractivity (Wildman–Crippen MR) is 80.0 cm³/mol. The van der Waals surface area contributed by atoms with Crippen molar-refractivity contribution in [2.45, 2.75) is 26.2 Å². The fourth-order valence-electron chi connectivity index (χ4n) is 2.37. The second-order valence-corrected chi connectivity index (χ2v) is 6.20. The molecule has 0 fully saturated rings. The Morgan fingerprint density at radius 2 is 1.48 bits per heavy atom. The van der Waals surface area contributed by atoms with Crippen LogP contribution in [0.15, 0.2) is 30.3 Å². The van der Waals surface area contributed by atoms with Crippen molar-refractivity contribution in [2.24, 2.45) is 0 Å². The van der Waals surface area contributed by atoms with Crippen molar-refractivity contribution in [3.05, 3.63) is 35.9 Å². The third-order valence-electron chi connectivity index (χ3n) is 3.64. The Balaban J connectivity index is 2.16. The molecule has 0 saturated heterocycles. The third-order valence-corrected chi connectivity index (χ3v) is 3.64. The summed E-state index contributed by atoms with van der Waals surface area (Å²) in [6.45, 7) is 6.44. The molecule has 2 aromatic carbocycles. The molecule has 0 spiro atoms. The Hall–Kier alpha value is -2.36. The summed E-state index contributed by atoms with van der Waals surface area (Å²) in [5.41, 5.74) is 2.14. The Morgan fingerprint density at radius 3 is 2.14 bits per heavy atom. The average Bonchev–Trinajstić information content (AvgIpc) is 2.84. The molecule has 0 aromatic heterocycles. The van der Waals surface area contributed by atoms with Gasteiger partial charge < -0.3 is 19.7 Å².